The summed E-state index contributed by atoms with van der Waals surface area (Å²) in [5.41, 5.74) is 1.43. The van der Waals surface area contributed by atoms with Gasteiger partial charge in [-0.1, -0.05) is 17.7 Å². The Morgan fingerprint density at radius 3 is 2.96 bits per heavy atom. The molecule has 27 heavy (non-hydrogen) atoms. The lowest BCUT2D eigenvalue weighted by molar-refractivity contribution is 0.106. The summed E-state index contributed by atoms with van der Waals surface area (Å²) in [5, 5.41) is 4.06. The van der Waals surface area contributed by atoms with Crippen LogP contribution in [0, 0.1) is 5.82 Å². The molecule has 2 aromatic carbocycles. The van der Waals surface area contributed by atoms with Crippen LogP contribution in [0.1, 0.15) is 12.8 Å². The van der Waals surface area contributed by atoms with Crippen molar-refractivity contribution >= 4 is 34.0 Å². The lowest BCUT2D eigenvalue weighted by Crippen LogP contribution is -2.38. The van der Waals surface area contributed by atoms with E-state index in [0.29, 0.717) is 11.5 Å². The second-order valence-electron chi connectivity index (χ2n) is 6.77. The Morgan fingerprint density at radius 2 is 2.15 bits per heavy atom. The van der Waals surface area contributed by atoms with Crippen LogP contribution in [0.2, 0.25) is 5.02 Å². The Labute approximate surface area is 162 Å². The largest absolute Gasteiger partial charge is 0.488 e. The molecule has 4 rings (SSSR count). The van der Waals surface area contributed by atoms with Gasteiger partial charge in [0.25, 0.3) is 0 Å². The Bertz CT molecular complexity index is 963. The van der Waals surface area contributed by atoms with Crippen molar-refractivity contribution in [2.75, 3.05) is 25.5 Å². The average molecular weight is 387 g/mol. The summed E-state index contributed by atoms with van der Waals surface area (Å²) >= 11 is 5.89. The number of likely N-dealkylation sites (N-methyl/N-ethyl adjacent to an activating group) is 1. The quantitative estimate of drug-likeness (QED) is 0.708. The van der Waals surface area contributed by atoms with Crippen molar-refractivity contribution in [2.45, 2.75) is 18.9 Å². The molecule has 7 heteroatoms. The van der Waals surface area contributed by atoms with Gasteiger partial charge in [0, 0.05) is 12.2 Å². The fourth-order valence-electron chi connectivity index (χ4n) is 3.38. The van der Waals surface area contributed by atoms with Crippen LogP contribution in [0.25, 0.3) is 10.9 Å². The van der Waals surface area contributed by atoms with Crippen molar-refractivity contribution in [2.24, 2.45) is 0 Å². The highest BCUT2D eigenvalue weighted by Gasteiger charge is 2.20. The molecule has 1 aromatic heterocycles. The third kappa shape index (κ3) is 3.96. The first-order valence-electron chi connectivity index (χ1n) is 8.91. The van der Waals surface area contributed by atoms with Gasteiger partial charge in [0.15, 0.2) is 0 Å². The van der Waals surface area contributed by atoms with Crippen molar-refractivity contribution in [3.63, 3.8) is 0 Å². The molecule has 0 bridgehead atoms. The lowest BCUT2D eigenvalue weighted by atomic mass is 10.1. The molecule has 1 aliphatic heterocycles. The maximum absolute atomic E-state index is 13.4. The zero-order valence-corrected chi connectivity index (χ0v) is 15.7. The summed E-state index contributed by atoms with van der Waals surface area (Å²) < 4.78 is 19.7. The topological polar surface area (TPSA) is 50.3 Å². The highest BCUT2D eigenvalue weighted by Crippen LogP contribution is 2.33. The number of ether oxygens (including phenoxy) is 1. The zero-order chi connectivity index (χ0) is 18.8. The third-order valence-electron chi connectivity index (χ3n) is 4.68. The van der Waals surface area contributed by atoms with E-state index in [1.54, 1.807) is 6.07 Å². The summed E-state index contributed by atoms with van der Waals surface area (Å²) in [5.74, 6) is 0.881. The number of aromatic nitrogens is 2. The minimum Gasteiger partial charge on any atom is -0.488 e. The SMILES string of the molecule is CN1CCCC(Oc2cccc3ncnc(Nc4ccc(F)c(Cl)c4)c23)C1. The number of likely N-dealkylation sites (tertiary alicyclic amines) is 1. The smallest absolute Gasteiger partial charge is 0.145 e. The van der Waals surface area contributed by atoms with E-state index >= 15 is 0 Å². The fourth-order valence-corrected chi connectivity index (χ4v) is 3.56. The van der Waals surface area contributed by atoms with Crippen LogP contribution >= 0.6 is 11.6 Å². The number of nitrogens with one attached hydrogen (secondary N) is 1. The zero-order valence-electron chi connectivity index (χ0n) is 15.0. The first-order chi connectivity index (χ1) is 13.1. The molecule has 0 amide bonds. The third-order valence-corrected chi connectivity index (χ3v) is 4.97. The minimum atomic E-state index is -0.458. The van der Waals surface area contributed by atoms with Crippen LogP contribution in [0.15, 0.2) is 42.7 Å². The van der Waals surface area contributed by atoms with Gasteiger partial charge in [-0.2, -0.15) is 0 Å². The van der Waals surface area contributed by atoms with Gasteiger partial charge in [0.2, 0.25) is 0 Å². The molecule has 1 fully saturated rings. The van der Waals surface area contributed by atoms with Gasteiger partial charge in [-0.25, -0.2) is 14.4 Å². The number of rotatable bonds is 4. The van der Waals surface area contributed by atoms with Gasteiger partial charge in [0.05, 0.1) is 15.9 Å². The summed E-state index contributed by atoms with van der Waals surface area (Å²) in [4.78, 5) is 11.0. The minimum absolute atomic E-state index is 0.0556. The van der Waals surface area contributed by atoms with E-state index in [0.717, 1.165) is 42.6 Å². The van der Waals surface area contributed by atoms with Gasteiger partial charge in [-0.3, -0.25) is 0 Å². The van der Waals surface area contributed by atoms with Crippen LogP contribution in [0.3, 0.4) is 0 Å². The number of fused-ring (bicyclic) bond motifs is 1. The van der Waals surface area contributed by atoms with Crippen molar-refractivity contribution in [3.05, 3.63) is 53.6 Å². The molecule has 1 saturated heterocycles. The predicted molar refractivity (Wildman–Crippen MR) is 105 cm³/mol. The van der Waals surface area contributed by atoms with Crippen LogP contribution in [-0.4, -0.2) is 41.1 Å². The van der Waals surface area contributed by atoms with E-state index < -0.39 is 5.82 Å². The molecule has 0 aliphatic carbocycles. The number of halogens is 2. The highest BCUT2D eigenvalue weighted by molar-refractivity contribution is 6.31. The molecule has 5 nitrogen and oxygen atoms in total. The number of benzene rings is 2. The molecule has 1 atom stereocenters. The van der Waals surface area contributed by atoms with E-state index in [2.05, 4.69) is 27.2 Å². The number of piperidine rings is 1. The first kappa shape index (κ1) is 17.9. The molecule has 2 heterocycles. The maximum atomic E-state index is 13.4. The number of nitrogens with zero attached hydrogens (tertiary/aromatic N) is 3. The second kappa shape index (κ2) is 7.66. The summed E-state index contributed by atoms with van der Waals surface area (Å²) in [6.45, 7) is 1.98. The molecule has 3 aromatic rings. The maximum Gasteiger partial charge on any atom is 0.145 e. The highest BCUT2D eigenvalue weighted by atomic mass is 35.5. The van der Waals surface area contributed by atoms with Crippen molar-refractivity contribution < 1.29 is 9.13 Å². The van der Waals surface area contributed by atoms with Crippen LogP contribution in [0.4, 0.5) is 15.9 Å². The lowest BCUT2D eigenvalue weighted by Gasteiger charge is -2.30. The van der Waals surface area contributed by atoms with Crippen LogP contribution in [0.5, 0.6) is 5.75 Å². The van der Waals surface area contributed by atoms with Gasteiger partial charge < -0.3 is 15.0 Å². The van der Waals surface area contributed by atoms with Gasteiger partial charge in [0.1, 0.15) is 29.8 Å². The van der Waals surface area contributed by atoms with E-state index in [-0.39, 0.29) is 11.1 Å². The van der Waals surface area contributed by atoms with Gasteiger partial charge >= 0.3 is 0 Å². The summed E-state index contributed by atoms with van der Waals surface area (Å²) in [7, 11) is 2.10. The van der Waals surface area contributed by atoms with Crippen molar-refractivity contribution in [1.82, 2.24) is 14.9 Å². The van der Waals surface area contributed by atoms with Gasteiger partial charge in [-0.15, -0.1) is 0 Å². The Balaban J connectivity index is 1.69. The molecule has 1 N–H and O–H groups in total. The first-order valence-corrected chi connectivity index (χ1v) is 9.29. The molecule has 1 unspecified atom stereocenters. The number of anilines is 2. The second-order valence-corrected chi connectivity index (χ2v) is 7.18. The average Bonchev–Trinajstić information content (AvgIpc) is 2.65. The van der Waals surface area contributed by atoms with E-state index in [1.807, 2.05) is 18.2 Å². The molecule has 0 saturated carbocycles. The molecule has 0 radical (unpaired) electrons. The van der Waals surface area contributed by atoms with Crippen molar-refractivity contribution in [3.8, 4) is 5.75 Å². The molecule has 140 valence electrons. The molecule has 1 aliphatic rings. The Kier molecular flexibility index (Phi) is 5.09. The molecule has 0 spiro atoms. The van der Waals surface area contributed by atoms with Gasteiger partial charge in [-0.05, 0) is 56.8 Å². The summed E-state index contributed by atoms with van der Waals surface area (Å²) in [6.07, 6.45) is 3.75. The molecular formula is C20H20ClFN4O. The number of hydrogen-bond acceptors (Lipinski definition) is 5. The normalized spacial score (nSPS) is 17.8. The van der Waals surface area contributed by atoms with Crippen molar-refractivity contribution in [1.29, 1.82) is 0 Å². The van der Waals surface area contributed by atoms with E-state index in [9.17, 15) is 4.39 Å². The Morgan fingerprint density at radius 1 is 1.26 bits per heavy atom. The monoisotopic (exact) mass is 386 g/mol. The summed E-state index contributed by atoms with van der Waals surface area (Å²) in [6, 6.07) is 10.3. The fraction of sp³-hybridized carbons (Fsp3) is 0.300. The molecular weight excluding hydrogens is 367 g/mol. The Hall–Kier alpha value is -2.44. The number of hydrogen-bond donors (Lipinski definition) is 1. The van der Waals surface area contributed by atoms with E-state index in [4.69, 9.17) is 16.3 Å². The predicted octanol–water partition coefficient (Wildman–Crippen LogP) is 4.64. The van der Waals surface area contributed by atoms with Crippen LogP contribution in [-0.2, 0) is 0 Å². The standard InChI is InChI=1S/C20H20ClFN4O/c1-26-9-3-4-14(11-26)27-18-6-2-5-17-19(18)20(24-12-23-17)25-13-7-8-16(22)15(21)10-13/h2,5-8,10,12,14H,3-4,9,11H2,1H3,(H,23,24,25). The van der Waals surface area contributed by atoms with E-state index in [1.165, 1.54) is 18.5 Å². The van der Waals surface area contributed by atoms with Crippen LogP contribution < -0.4 is 10.1 Å².